The average molecular weight is 917 g/mol. The quantitative estimate of drug-likeness (QED) is 0.0199. The molecule has 0 bridgehead atoms. The second-order valence-electron chi connectivity index (χ2n) is 17.8. The summed E-state index contributed by atoms with van der Waals surface area (Å²) in [6.07, 6.45) is 71.3. The van der Waals surface area contributed by atoms with Crippen LogP contribution in [0.4, 0.5) is 0 Å². The van der Waals surface area contributed by atoms with Crippen LogP contribution in [-0.4, -0.2) is 37.2 Å². The van der Waals surface area contributed by atoms with Gasteiger partial charge in [0.25, 0.3) is 0 Å². The van der Waals surface area contributed by atoms with E-state index in [2.05, 4.69) is 106 Å². The minimum Gasteiger partial charge on any atom is -0.462 e. The number of ether oxygens (including phenoxy) is 3. The third kappa shape index (κ3) is 51.3. The minimum atomic E-state index is -0.825. The molecular weight excluding hydrogens is 817 g/mol. The topological polar surface area (TPSA) is 78.9 Å². The Morgan fingerprint density at radius 1 is 0.333 bits per heavy atom. The molecule has 0 spiro atoms. The predicted molar refractivity (Wildman–Crippen MR) is 284 cm³/mol. The molecule has 0 rings (SSSR count). The highest BCUT2D eigenvalue weighted by Gasteiger charge is 2.19. The van der Waals surface area contributed by atoms with Gasteiger partial charge in [-0.25, -0.2) is 0 Å². The molecule has 0 aliphatic heterocycles. The van der Waals surface area contributed by atoms with E-state index >= 15 is 0 Å². The van der Waals surface area contributed by atoms with Gasteiger partial charge in [0.2, 0.25) is 0 Å². The maximum absolute atomic E-state index is 12.8. The van der Waals surface area contributed by atoms with Crippen LogP contribution >= 0.6 is 0 Å². The van der Waals surface area contributed by atoms with E-state index in [9.17, 15) is 14.4 Å². The summed E-state index contributed by atoms with van der Waals surface area (Å²) in [6, 6.07) is 0. The highest BCUT2D eigenvalue weighted by atomic mass is 16.6. The van der Waals surface area contributed by atoms with Crippen molar-refractivity contribution in [1.82, 2.24) is 0 Å². The van der Waals surface area contributed by atoms with E-state index in [0.717, 1.165) is 96.3 Å². The molecule has 0 amide bonds. The normalized spacial score (nSPS) is 12.8. The summed E-state index contributed by atoms with van der Waals surface area (Å²) >= 11 is 0. The average Bonchev–Trinajstić information content (AvgIpc) is 3.31. The first-order valence-corrected chi connectivity index (χ1v) is 27.3. The summed E-state index contributed by atoms with van der Waals surface area (Å²) in [4.78, 5) is 38.0. The molecule has 0 radical (unpaired) electrons. The number of carbonyl (C=O) groups is 3. The molecule has 0 N–H and O–H groups in total. The van der Waals surface area contributed by atoms with Gasteiger partial charge in [-0.1, -0.05) is 253 Å². The van der Waals surface area contributed by atoms with Gasteiger partial charge in [-0.3, -0.25) is 14.4 Å². The van der Waals surface area contributed by atoms with Crippen molar-refractivity contribution in [3.8, 4) is 0 Å². The van der Waals surface area contributed by atoms with Crippen molar-refractivity contribution in [2.75, 3.05) is 13.2 Å². The van der Waals surface area contributed by atoms with Crippen molar-refractivity contribution in [3.63, 3.8) is 0 Å². The fraction of sp³-hybridized carbons (Fsp3) is 0.683. The molecule has 0 saturated carbocycles. The van der Waals surface area contributed by atoms with Crippen LogP contribution in [0.25, 0.3) is 0 Å². The Kier molecular flexibility index (Phi) is 50.9. The van der Waals surface area contributed by atoms with Crippen LogP contribution in [0.3, 0.4) is 0 Å². The number of allylic oxidation sites excluding steroid dienone is 16. The zero-order valence-electron chi connectivity index (χ0n) is 42.9. The molecule has 0 aliphatic rings. The van der Waals surface area contributed by atoms with Gasteiger partial charge >= 0.3 is 17.9 Å². The molecular formula is C60H100O6. The highest BCUT2D eigenvalue weighted by Crippen LogP contribution is 2.16. The van der Waals surface area contributed by atoms with Gasteiger partial charge in [0.15, 0.2) is 6.10 Å². The molecule has 66 heavy (non-hydrogen) atoms. The van der Waals surface area contributed by atoms with Crippen molar-refractivity contribution in [2.45, 2.75) is 252 Å². The van der Waals surface area contributed by atoms with Gasteiger partial charge < -0.3 is 14.2 Å². The third-order valence-corrected chi connectivity index (χ3v) is 11.4. The molecule has 0 saturated heterocycles. The van der Waals surface area contributed by atoms with E-state index in [0.29, 0.717) is 19.3 Å². The minimum absolute atomic E-state index is 0.113. The predicted octanol–water partition coefficient (Wildman–Crippen LogP) is 18.1. The Morgan fingerprint density at radius 3 is 1.12 bits per heavy atom. The Balaban J connectivity index is 4.46. The lowest BCUT2D eigenvalue weighted by atomic mass is 10.0. The van der Waals surface area contributed by atoms with E-state index in [1.54, 1.807) is 0 Å². The third-order valence-electron chi connectivity index (χ3n) is 11.4. The molecule has 0 aromatic rings. The number of hydrogen-bond donors (Lipinski definition) is 0. The highest BCUT2D eigenvalue weighted by molar-refractivity contribution is 5.71. The Bertz CT molecular complexity index is 1330. The number of hydrogen-bond acceptors (Lipinski definition) is 6. The van der Waals surface area contributed by atoms with Crippen molar-refractivity contribution in [1.29, 1.82) is 0 Å². The molecule has 0 aliphatic carbocycles. The van der Waals surface area contributed by atoms with Crippen LogP contribution < -0.4 is 0 Å². The fourth-order valence-electron chi connectivity index (χ4n) is 7.37. The molecule has 1 atom stereocenters. The van der Waals surface area contributed by atoms with Crippen LogP contribution in [0, 0.1) is 0 Å². The SMILES string of the molecule is CC/C=C/C=C/C=C/CCCCCCCC(=O)OCC(COC(=O)CCCCCCCCCCCCCCCCCCCCC)OC(=O)CC/C=C/C/C=C/C/C=C/C/C=C/C/C=C/CC. The van der Waals surface area contributed by atoms with E-state index in [1.165, 1.54) is 103 Å². The van der Waals surface area contributed by atoms with Gasteiger partial charge in [-0.2, -0.15) is 0 Å². The molecule has 376 valence electrons. The first-order chi connectivity index (χ1) is 32.5. The summed E-state index contributed by atoms with van der Waals surface area (Å²) < 4.78 is 16.7. The molecule has 6 nitrogen and oxygen atoms in total. The van der Waals surface area contributed by atoms with Crippen LogP contribution in [0.5, 0.6) is 0 Å². The number of carbonyl (C=O) groups excluding carboxylic acids is 3. The summed E-state index contributed by atoms with van der Waals surface area (Å²) in [5.74, 6) is -1.02. The monoisotopic (exact) mass is 917 g/mol. The molecule has 0 fully saturated rings. The maximum Gasteiger partial charge on any atom is 0.306 e. The van der Waals surface area contributed by atoms with Crippen LogP contribution in [0.15, 0.2) is 97.2 Å². The van der Waals surface area contributed by atoms with Crippen LogP contribution in [0.2, 0.25) is 0 Å². The van der Waals surface area contributed by atoms with Gasteiger partial charge in [0, 0.05) is 19.3 Å². The van der Waals surface area contributed by atoms with Crippen LogP contribution in [-0.2, 0) is 28.6 Å². The molecule has 0 aromatic heterocycles. The fourth-order valence-corrected chi connectivity index (χ4v) is 7.37. The first kappa shape index (κ1) is 62.3. The van der Waals surface area contributed by atoms with E-state index in [1.807, 2.05) is 12.2 Å². The second kappa shape index (κ2) is 53.9. The lowest BCUT2D eigenvalue weighted by molar-refractivity contribution is -0.166. The van der Waals surface area contributed by atoms with Crippen molar-refractivity contribution < 1.29 is 28.6 Å². The van der Waals surface area contributed by atoms with Gasteiger partial charge in [-0.05, 0) is 70.6 Å². The zero-order chi connectivity index (χ0) is 47.9. The van der Waals surface area contributed by atoms with E-state index < -0.39 is 12.1 Å². The lowest BCUT2D eigenvalue weighted by Crippen LogP contribution is -2.30. The number of rotatable bonds is 48. The maximum atomic E-state index is 12.8. The van der Waals surface area contributed by atoms with Crippen molar-refractivity contribution in [3.05, 3.63) is 97.2 Å². The van der Waals surface area contributed by atoms with E-state index in [4.69, 9.17) is 14.2 Å². The number of esters is 3. The number of unbranched alkanes of at least 4 members (excludes halogenated alkanes) is 23. The second-order valence-corrected chi connectivity index (χ2v) is 17.8. The van der Waals surface area contributed by atoms with Crippen molar-refractivity contribution >= 4 is 17.9 Å². The molecule has 0 heterocycles. The van der Waals surface area contributed by atoms with Gasteiger partial charge in [0.1, 0.15) is 13.2 Å². The van der Waals surface area contributed by atoms with Crippen LogP contribution in [0.1, 0.15) is 245 Å². The Labute approximate surface area is 407 Å². The smallest absolute Gasteiger partial charge is 0.306 e. The lowest BCUT2D eigenvalue weighted by Gasteiger charge is -2.18. The van der Waals surface area contributed by atoms with Gasteiger partial charge in [0.05, 0.1) is 0 Å². The van der Waals surface area contributed by atoms with Crippen molar-refractivity contribution in [2.24, 2.45) is 0 Å². The Hall–Kier alpha value is -3.67. The first-order valence-electron chi connectivity index (χ1n) is 27.3. The Morgan fingerprint density at radius 2 is 0.697 bits per heavy atom. The summed E-state index contributed by atoms with van der Waals surface area (Å²) in [5.41, 5.74) is 0. The van der Waals surface area contributed by atoms with E-state index in [-0.39, 0.29) is 31.6 Å². The molecule has 1 unspecified atom stereocenters. The molecule has 6 heteroatoms. The molecule has 0 aromatic carbocycles. The summed E-state index contributed by atoms with van der Waals surface area (Å²) in [5, 5.41) is 0. The summed E-state index contributed by atoms with van der Waals surface area (Å²) in [7, 11) is 0. The zero-order valence-corrected chi connectivity index (χ0v) is 42.9. The standard InChI is InChI=1S/C60H100O6/c1-4-7-10-13-16-19-22-25-27-29-30-31-33-35-38-41-44-47-50-53-59(62)65-56-57(55-64-58(61)52-49-46-43-40-37-34-24-21-18-15-12-9-6-3)66-60(63)54-51-48-45-42-39-36-32-28-26-23-20-17-14-11-8-5-2/h8-9,11-12,15,17-18,20-21,24,26,28,36,39,45,48,57H,4-7,10,13-14,16,19,22-23,25,27,29-35,37-38,40-44,46-47,49-56H2,1-3H3/b11-8+,12-9+,18-15+,20-17+,24-21+,28-26+,39-36+,48-45+. The largest absolute Gasteiger partial charge is 0.462 e. The van der Waals surface area contributed by atoms with Gasteiger partial charge in [-0.15, -0.1) is 0 Å². The summed E-state index contributed by atoms with van der Waals surface area (Å²) in [6.45, 7) is 6.32.